The van der Waals surface area contributed by atoms with Gasteiger partial charge in [-0.05, 0) is 35.4 Å². The molecule has 0 aliphatic carbocycles. The van der Waals surface area contributed by atoms with Crippen LogP contribution in [0.4, 0.5) is 11.4 Å². The van der Waals surface area contributed by atoms with Gasteiger partial charge in [-0.25, -0.2) is 0 Å². The predicted molar refractivity (Wildman–Crippen MR) is 123 cm³/mol. The summed E-state index contributed by atoms with van der Waals surface area (Å²) in [6.07, 6.45) is 5.35. The van der Waals surface area contributed by atoms with E-state index in [1.165, 1.54) is 0 Å². The maximum absolute atomic E-state index is 9.75. The first-order chi connectivity index (χ1) is 14.4. The first kappa shape index (κ1) is 21.3. The average Bonchev–Trinajstić information content (AvgIpc) is 3.06. The Kier molecular flexibility index (Phi) is 6.64. The summed E-state index contributed by atoms with van der Waals surface area (Å²) < 4.78 is 3.42. The van der Waals surface area contributed by atoms with Gasteiger partial charge in [-0.2, -0.15) is 0 Å². The first-order valence-corrected chi connectivity index (χ1v) is 9.76. The van der Waals surface area contributed by atoms with Gasteiger partial charge in [0.15, 0.2) is 11.9 Å². The van der Waals surface area contributed by atoms with Crippen LogP contribution in [0.2, 0.25) is 0 Å². The maximum atomic E-state index is 9.75. The van der Waals surface area contributed by atoms with Crippen molar-refractivity contribution in [2.45, 2.75) is 13.5 Å². The number of benzene rings is 2. The number of aromatic nitrogens is 2. The van der Waals surface area contributed by atoms with Crippen LogP contribution < -0.4 is 14.5 Å². The van der Waals surface area contributed by atoms with Crippen LogP contribution in [-0.2, 0) is 6.61 Å². The zero-order valence-corrected chi connectivity index (χ0v) is 18.2. The van der Waals surface area contributed by atoms with E-state index in [2.05, 4.69) is 32.1 Å². The lowest BCUT2D eigenvalue weighted by molar-refractivity contribution is -0.684. The molecule has 0 fully saturated rings. The Morgan fingerprint density at radius 1 is 0.867 bits per heavy atom. The van der Waals surface area contributed by atoms with Crippen molar-refractivity contribution in [2.24, 2.45) is 10.2 Å². The number of rotatable bonds is 7. The van der Waals surface area contributed by atoms with E-state index in [4.69, 9.17) is 0 Å². The van der Waals surface area contributed by atoms with E-state index in [0.717, 1.165) is 28.3 Å². The molecule has 0 atom stereocenters. The first-order valence-electron chi connectivity index (χ1n) is 9.76. The van der Waals surface area contributed by atoms with Crippen LogP contribution in [0.25, 0.3) is 0 Å². The van der Waals surface area contributed by atoms with Crippen LogP contribution in [0, 0.1) is 6.92 Å². The fourth-order valence-corrected chi connectivity index (χ4v) is 2.95. The normalized spacial score (nSPS) is 11.5. The zero-order valence-electron chi connectivity index (χ0n) is 18.2. The third-order valence-corrected chi connectivity index (χ3v) is 4.82. The fraction of sp³-hybridized carbons (Fsp3) is 0.261. The highest BCUT2D eigenvalue weighted by atomic mass is 16.3. The van der Waals surface area contributed by atoms with Crippen molar-refractivity contribution in [3.63, 3.8) is 0 Å². The van der Waals surface area contributed by atoms with Gasteiger partial charge < -0.3 is 14.9 Å². The van der Waals surface area contributed by atoms with E-state index in [0.29, 0.717) is 5.69 Å². The zero-order chi connectivity index (χ0) is 21.7. The molecule has 7 nitrogen and oxygen atoms in total. The van der Waals surface area contributed by atoms with Crippen molar-refractivity contribution in [2.75, 3.05) is 38.0 Å². The lowest BCUT2D eigenvalue weighted by atomic mass is 10.2. The highest BCUT2D eigenvalue weighted by molar-refractivity contribution is 5.80. The van der Waals surface area contributed by atoms with Gasteiger partial charge in [-0.1, -0.05) is 39.1 Å². The Balaban J connectivity index is 1.81. The molecule has 7 heteroatoms. The van der Waals surface area contributed by atoms with Gasteiger partial charge >= 0.3 is 5.82 Å². The number of imidazole rings is 1. The Morgan fingerprint density at radius 3 is 1.83 bits per heavy atom. The minimum Gasteiger partial charge on any atom is -0.388 e. The molecular formula is C23H29N6O+. The minimum atomic E-state index is -0.127. The van der Waals surface area contributed by atoms with E-state index in [9.17, 15) is 5.11 Å². The molecular weight excluding hydrogens is 376 g/mol. The SMILES string of the molecule is Cc1n(/N=C\c2ccc(N(C)C)cc2)c(CO)c[n+]1/N=C\c1ccc(N(C)C)cc1. The van der Waals surface area contributed by atoms with Crippen LogP contribution >= 0.6 is 0 Å². The largest absolute Gasteiger partial charge is 0.388 e. The van der Waals surface area contributed by atoms with Gasteiger partial charge in [-0.15, -0.1) is 4.68 Å². The van der Waals surface area contributed by atoms with Gasteiger partial charge in [-0.3, -0.25) is 0 Å². The smallest absolute Gasteiger partial charge is 0.304 e. The quantitative estimate of drug-likeness (QED) is 0.485. The molecule has 0 saturated carbocycles. The highest BCUT2D eigenvalue weighted by Gasteiger charge is 2.19. The van der Waals surface area contributed by atoms with Crippen LogP contribution in [0.1, 0.15) is 22.6 Å². The lowest BCUT2D eigenvalue weighted by Crippen LogP contribution is -2.29. The molecule has 0 spiro atoms. The van der Waals surface area contributed by atoms with Crippen molar-refractivity contribution in [1.29, 1.82) is 0 Å². The van der Waals surface area contributed by atoms with Gasteiger partial charge in [0, 0.05) is 46.5 Å². The molecule has 1 N–H and O–H groups in total. The molecule has 1 heterocycles. The molecule has 30 heavy (non-hydrogen) atoms. The maximum Gasteiger partial charge on any atom is 0.304 e. The van der Waals surface area contributed by atoms with Gasteiger partial charge in [0.05, 0.1) is 12.4 Å². The monoisotopic (exact) mass is 405 g/mol. The van der Waals surface area contributed by atoms with E-state index >= 15 is 0 Å². The molecule has 2 aromatic carbocycles. The molecule has 0 amide bonds. The summed E-state index contributed by atoms with van der Waals surface area (Å²) in [5, 5.41) is 18.8. The Labute approximate surface area is 177 Å². The summed E-state index contributed by atoms with van der Waals surface area (Å²) >= 11 is 0. The molecule has 3 rings (SSSR count). The van der Waals surface area contributed by atoms with Gasteiger partial charge in [0.2, 0.25) is 0 Å². The summed E-state index contributed by atoms with van der Waals surface area (Å²) in [7, 11) is 8.04. The third kappa shape index (κ3) is 4.93. The Morgan fingerprint density at radius 2 is 1.37 bits per heavy atom. The topological polar surface area (TPSA) is 60.2 Å². The second-order valence-electron chi connectivity index (χ2n) is 7.44. The Hall–Kier alpha value is -3.45. The average molecular weight is 406 g/mol. The second-order valence-corrected chi connectivity index (χ2v) is 7.44. The van der Waals surface area contributed by atoms with E-state index in [1.54, 1.807) is 28.0 Å². The molecule has 0 saturated heterocycles. The van der Waals surface area contributed by atoms with Crippen LogP contribution in [-0.4, -0.2) is 50.4 Å². The number of aliphatic hydroxyl groups excluding tert-OH is 1. The molecule has 0 aliphatic heterocycles. The summed E-state index contributed by atoms with van der Waals surface area (Å²) in [4.78, 5) is 4.11. The standard InChI is InChI=1S/C23H29N6O/c1-18-28(24-14-19-6-10-21(11-7-19)26(2)3)16-23(17-30)29(18)25-15-20-8-12-22(13-9-20)27(4)5/h6-16,30H,17H2,1-5H3/q+1/b24-14-,25-15-. The van der Waals surface area contributed by atoms with E-state index in [-0.39, 0.29) is 6.61 Å². The number of aliphatic hydroxyl groups is 1. The van der Waals surface area contributed by atoms with Crippen LogP contribution in [0.15, 0.2) is 64.9 Å². The van der Waals surface area contributed by atoms with Crippen molar-refractivity contribution < 1.29 is 9.78 Å². The molecule has 156 valence electrons. The van der Waals surface area contributed by atoms with E-state index in [1.807, 2.05) is 71.5 Å². The molecule has 0 bridgehead atoms. The molecule has 1 aromatic heterocycles. The van der Waals surface area contributed by atoms with Crippen molar-refractivity contribution in [1.82, 2.24) is 4.68 Å². The van der Waals surface area contributed by atoms with Crippen LogP contribution in [0.5, 0.6) is 0 Å². The molecule has 0 unspecified atom stereocenters. The van der Waals surface area contributed by atoms with Crippen molar-refractivity contribution >= 4 is 23.8 Å². The minimum absolute atomic E-state index is 0.127. The summed E-state index contributed by atoms with van der Waals surface area (Å²) in [5.41, 5.74) is 4.90. The number of anilines is 2. The molecule has 3 aromatic rings. The van der Waals surface area contributed by atoms with Crippen molar-refractivity contribution in [3.05, 3.63) is 77.4 Å². The predicted octanol–water partition coefficient (Wildman–Crippen LogP) is 2.47. The van der Waals surface area contributed by atoms with Gasteiger partial charge in [0.25, 0.3) is 0 Å². The molecule has 0 radical (unpaired) electrons. The summed E-state index contributed by atoms with van der Waals surface area (Å²) in [6.45, 7) is 1.79. The van der Waals surface area contributed by atoms with Gasteiger partial charge in [0.1, 0.15) is 6.61 Å². The number of nitrogens with zero attached hydrogens (tertiary/aromatic N) is 6. The fourth-order valence-electron chi connectivity index (χ4n) is 2.95. The second kappa shape index (κ2) is 9.37. The van der Waals surface area contributed by atoms with Crippen molar-refractivity contribution in [3.8, 4) is 0 Å². The summed E-state index contributed by atoms with van der Waals surface area (Å²) in [6, 6.07) is 16.3. The summed E-state index contributed by atoms with van der Waals surface area (Å²) in [5.74, 6) is 0.793. The molecule has 0 aliphatic rings. The number of hydrogen-bond acceptors (Lipinski definition) is 5. The third-order valence-electron chi connectivity index (χ3n) is 4.82. The lowest BCUT2D eigenvalue weighted by Gasteiger charge is -2.11. The van der Waals surface area contributed by atoms with E-state index < -0.39 is 0 Å². The highest BCUT2D eigenvalue weighted by Crippen LogP contribution is 2.12. The van der Waals surface area contributed by atoms with Crippen LogP contribution in [0.3, 0.4) is 0 Å². The number of hydrogen-bond donors (Lipinski definition) is 1. The Bertz CT molecular complexity index is 1030.